The number of aryl methyl sites for hydroxylation is 1. The Bertz CT molecular complexity index is 747. The van der Waals surface area contributed by atoms with E-state index in [1.54, 1.807) is 0 Å². The molecule has 23 heavy (non-hydrogen) atoms. The average molecular weight is 305 g/mol. The van der Waals surface area contributed by atoms with Gasteiger partial charge in [0.25, 0.3) is 0 Å². The molecule has 0 heterocycles. The number of hydrogen-bond donors (Lipinski definition) is 0. The predicted octanol–water partition coefficient (Wildman–Crippen LogP) is 4.64. The van der Waals surface area contributed by atoms with Gasteiger partial charge in [0.15, 0.2) is 5.78 Å². The largest absolute Gasteiger partial charge is 0.351 e. The zero-order chi connectivity index (χ0) is 16.4. The monoisotopic (exact) mass is 305 g/mol. The molecular weight excluding hydrogens is 282 g/mol. The van der Waals surface area contributed by atoms with E-state index < -0.39 is 5.41 Å². The van der Waals surface area contributed by atoms with Gasteiger partial charge in [-0.05, 0) is 44.4 Å². The van der Waals surface area contributed by atoms with Gasteiger partial charge in [-0.25, -0.2) is 0 Å². The zero-order valence-corrected chi connectivity index (χ0v) is 14.0. The van der Waals surface area contributed by atoms with Crippen molar-refractivity contribution in [1.82, 2.24) is 0 Å². The number of allylic oxidation sites excluding steroid dienone is 1. The van der Waals surface area contributed by atoms with Crippen molar-refractivity contribution in [2.75, 3.05) is 11.9 Å². The molecule has 1 fully saturated rings. The van der Waals surface area contributed by atoms with Crippen LogP contribution in [-0.4, -0.2) is 12.8 Å². The van der Waals surface area contributed by atoms with E-state index in [1.807, 2.05) is 42.4 Å². The number of ketones is 1. The molecule has 1 aliphatic rings. The molecule has 0 radical (unpaired) electrons. The molecule has 1 saturated carbocycles. The Morgan fingerprint density at radius 1 is 1.09 bits per heavy atom. The fourth-order valence-corrected chi connectivity index (χ4v) is 3.32. The number of hydrogen-bond acceptors (Lipinski definition) is 2. The Kier molecular flexibility index (Phi) is 4.08. The van der Waals surface area contributed by atoms with E-state index in [0.29, 0.717) is 0 Å². The standard InChI is InChI=1S/C21H23NO/c1-16-8-7-9-18(14-16)21(2)13-12-17(20(21)23)15-22(3)19-10-5-4-6-11-19/h4-11,14-15H,12-13H2,1-3H3/b17-15-/t21-/m1/s1. The molecule has 3 rings (SSSR count). The lowest BCUT2D eigenvalue weighted by atomic mass is 9.79. The van der Waals surface area contributed by atoms with Crippen LogP contribution in [0.2, 0.25) is 0 Å². The molecule has 118 valence electrons. The first-order chi connectivity index (χ1) is 11.0. The fraction of sp³-hybridized carbons (Fsp3) is 0.286. The van der Waals surface area contributed by atoms with Crippen molar-refractivity contribution >= 4 is 11.5 Å². The average Bonchev–Trinajstić information content (AvgIpc) is 2.85. The van der Waals surface area contributed by atoms with Crippen molar-refractivity contribution in [2.24, 2.45) is 0 Å². The highest BCUT2D eigenvalue weighted by Gasteiger charge is 2.42. The number of rotatable bonds is 3. The maximum Gasteiger partial charge on any atom is 0.170 e. The van der Waals surface area contributed by atoms with Crippen molar-refractivity contribution in [3.05, 3.63) is 77.5 Å². The van der Waals surface area contributed by atoms with Crippen molar-refractivity contribution in [1.29, 1.82) is 0 Å². The third-order valence-electron chi connectivity index (χ3n) is 4.86. The molecule has 0 saturated heterocycles. The van der Waals surface area contributed by atoms with Gasteiger partial charge in [-0.1, -0.05) is 48.0 Å². The van der Waals surface area contributed by atoms with Gasteiger partial charge in [-0.15, -0.1) is 0 Å². The van der Waals surface area contributed by atoms with Crippen LogP contribution in [0.4, 0.5) is 5.69 Å². The van der Waals surface area contributed by atoms with Gasteiger partial charge in [0.1, 0.15) is 0 Å². The summed E-state index contributed by atoms with van der Waals surface area (Å²) >= 11 is 0. The third-order valence-corrected chi connectivity index (χ3v) is 4.86. The maximum atomic E-state index is 13.0. The van der Waals surface area contributed by atoms with Crippen molar-refractivity contribution in [2.45, 2.75) is 32.1 Å². The second-order valence-electron chi connectivity index (χ2n) is 6.63. The molecule has 0 aliphatic heterocycles. The summed E-state index contributed by atoms with van der Waals surface area (Å²) in [5.41, 5.74) is 3.95. The van der Waals surface area contributed by atoms with Gasteiger partial charge in [-0.3, -0.25) is 4.79 Å². The van der Waals surface area contributed by atoms with Crippen LogP contribution in [-0.2, 0) is 10.2 Å². The van der Waals surface area contributed by atoms with Crippen LogP contribution in [0.1, 0.15) is 30.9 Å². The van der Waals surface area contributed by atoms with Crippen LogP contribution >= 0.6 is 0 Å². The molecule has 2 aromatic rings. The Balaban J connectivity index is 1.88. The van der Waals surface area contributed by atoms with Crippen molar-refractivity contribution in [3.63, 3.8) is 0 Å². The number of benzene rings is 2. The van der Waals surface area contributed by atoms with Crippen LogP contribution < -0.4 is 4.90 Å². The molecule has 0 aromatic heterocycles. The summed E-state index contributed by atoms with van der Waals surface area (Å²) in [6.07, 6.45) is 3.71. The summed E-state index contributed by atoms with van der Waals surface area (Å²) in [6.45, 7) is 4.15. The quantitative estimate of drug-likeness (QED) is 0.770. The molecule has 0 N–H and O–H groups in total. The van der Waals surface area contributed by atoms with Gasteiger partial charge in [0.2, 0.25) is 0 Å². The van der Waals surface area contributed by atoms with Crippen LogP contribution in [0.3, 0.4) is 0 Å². The van der Waals surface area contributed by atoms with E-state index in [4.69, 9.17) is 0 Å². The lowest BCUT2D eigenvalue weighted by Crippen LogP contribution is -2.28. The minimum atomic E-state index is -0.393. The molecule has 2 nitrogen and oxygen atoms in total. The Labute approximate surface area is 138 Å². The molecule has 1 aliphatic carbocycles. The summed E-state index contributed by atoms with van der Waals surface area (Å²) in [5, 5.41) is 0. The zero-order valence-electron chi connectivity index (χ0n) is 14.0. The summed E-state index contributed by atoms with van der Waals surface area (Å²) in [7, 11) is 2.00. The normalized spacial score (nSPS) is 22.6. The summed E-state index contributed by atoms with van der Waals surface area (Å²) in [5.74, 6) is 0.255. The molecule has 0 spiro atoms. The Morgan fingerprint density at radius 2 is 1.83 bits per heavy atom. The molecule has 2 aromatic carbocycles. The SMILES string of the molecule is Cc1cccc([C@@]2(C)CC/C(=C/N(C)c3ccccc3)C2=O)c1. The van der Waals surface area contributed by atoms with Gasteiger partial charge in [-0.2, -0.15) is 0 Å². The summed E-state index contributed by atoms with van der Waals surface area (Å²) in [4.78, 5) is 15.0. The van der Waals surface area contributed by atoms with Gasteiger partial charge in [0.05, 0.1) is 5.41 Å². The van der Waals surface area contributed by atoms with E-state index in [0.717, 1.165) is 29.7 Å². The molecule has 2 heteroatoms. The molecular formula is C21H23NO. The van der Waals surface area contributed by atoms with E-state index in [1.165, 1.54) is 5.56 Å². The van der Waals surface area contributed by atoms with Crippen LogP contribution in [0.5, 0.6) is 0 Å². The first kappa shape index (κ1) is 15.5. The predicted molar refractivity (Wildman–Crippen MR) is 95.7 cm³/mol. The second-order valence-corrected chi connectivity index (χ2v) is 6.63. The number of carbonyl (C=O) groups is 1. The minimum Gasteiger partial charge on any atom is -0.351 e. The lowest BCUT2D eigenvalue weighted by Gasteiger charge is -2.23. The van der Waals surface area contributed by atoms with E-state index in [9.17, 15) is 4.79 Å². The van der Waals surface area contributed by atoms with E-state index >= 15 is 0 Å². The molecule has 0 bridgehead atoms. The molecule has 0 unspecified atom stereocenters. The van der Waals surface area contributed by atoms with Crippen molar-refractivity contribution in [3.8, 4) is 0 Å². The van der Waals surface area contributed by atoms with Crippen LogP contribution in [0, 0.1) is 6.92 Å². The number of para-hydroxylation sites is 1. The highest BCUT2D eigenvalue weighted by atomic mass is 16.1. The first-order valence-electron chi connectivity index (χ1n) is 8.11. The molecule has 1 atom stereocenters. The lowest BCUT2D eigenvalue weighted by molar-refractivity contribution is -0.118. The second kappa shape index (κ2) is 6.04. The number of nitrogens with zero attached hydrogens (tertiary/aromatic N) is 1. The van der Waals surface area contributed by atoms with Gasteiger partial charge in [0, 0.05) is 24.5 Å². The van der Waals surface area contributed by atoms with Gasteiger partial charge >= 0.3 is 0 Å². The topological polar surface area (TPSA) is 20.3 Å². The minimum absolute atomic E-state index is 0.255. The summed E-state index contributed by atoms with van der Waals surface area (Å²) in [6, 6.07) is 18.5. The van der Waals surface area contributed by atoms with Crippen molar-refractivity contribution < 1.29 is 4.79 Å². The number of Topliss-reactive ketones (excluding diaryl/α,β-unsaturated/α-hetero) is 1. The Hall–Kier alpha value is -2.35. The highest BCUT2D eigenvalue weighted by molar-refractivity contribution is 6.05. The number of anilines is 1. The summed E-state index contributed by atoms with van der Waals surface area (Å²) < 4.78 is 0. The van der Waals surface area contributed by atoms with Crippen LogP contribution in [0.25, 0.3) is 0 Å². The van der Waals surface area contributed by atoms with Gasteiger partial charge < -0.3 is 4.90 Å². The van der Waals surface area contributed by atoms with E-state index in [2.05, 4.69) is 44.2 Å². The smallest absolute Gasteiger partial charge is 0.170 e. The highest BCUT2D eigenvalue weighted by Crippen LogP contribution is 2.41. The third kappa shape index (κ3) is 2.94. The molecule has 0 amide bonds. The Morgan fingerprint density at radius 3 is 2.52 bits per heavy atom. The first-order valence-corrected chi connectivity index (χ1v) is 8.11. The van der Waals surface area contributed by atoms with Crippen LogP contribution in [0.15, 0.2) is 66.4 Å². The fourth-order valence-electron chi connectivity index (χ4n) is 3.32. The maximum absolute atomic E-state index is 13.0. The van der Waals surface area contributed by atoms with E-state index in [-0.39, 0.29) is 5.78 Å². The number of carbonyl (C=O) groups excluding carboxylic acids is 1.